The van der Waals surface area contributed by atoms with Crippen molar-refractivity contribution in [2.75, 3.05) is 44.2 Å². The summed E-state index contributed by atoms with van der Waals surface area (Å²) in [5.74, 6) is 1.12. The fourth-order valence-electron chi connectivity index (χ4n) is 3.82. The molecule has 0 aliphatic carbocycles. The molecule has 0 atom stereocenters. The second-order valence-electron chi connectivity index (χ2n) is 8.48. The van der Waals surface area contributed by atoms with Crippen molar-refractivity contribution in [3.63, 3.8) is 0 Å². The molecule has 2 amide bonds. The van der Waals surface area contributed by atoms with Crippen LogP contribution in [-0.2, 0) is 9.59 Å². The molecule has 0 N–H and O–H groups in total. The Hall–Kier alpha value is -2.67. The number of hydrogen-bond acceptors (Lipinski definition) is 5. The Kier molecular flexibility index (Phi) is 8.45. The van der Waals surface area contributed by atoms with E-state index in [1.165, 1.54) is 0 Å². The fraction of sp³-hybridized carbons (Fsp3) is 0.500. The molecule has 0 spiro atoms. The van der Waals surface area contributed by atoms with E-state index in [2.05, 4.69) is 15.1 Å². The summed E-state index contributed by atoms with van der Waals surface area (Å²) in [6.07, 6.45) is 1.31. The first-order valence-corrected chi connectivity index (χ1v) is 11.7. The van der Waals surface area contributed by atoms with Gasteiger partial charge in [0.1, 0.15) is 0 Å². The minimum atomic E-state index is 0.00552. The van der Waals surface area contributed by atoms with Crippen LogP contribution in [0.4, 0.5) is 5.82 Å². The summed E-state index contributed by atoms with van der Waals surface area (Å²) >= 11 is 6.26. The zero-order chi connectivity index (χ0) is 23.1. The lowest BCUT2D eigenvalue weighted by atomic mass is 10.1. The number of carbonyl (C=O) groups excluding carboxylic acids is 2. The number of rotatable bonds is 7. The third kappa shape index (κ3) is 6.19. The van der Waals surface area contributed by atoms with Crippen LogP contribution in [-0.4, -0.2) is 71.1 Å². The minimum Gasteiger partial charge on any atom is -0.353 e. The summed E-state index contributed by atoms with van der Waals surface area (Å²) < 4.78 is 0. The molecule has 1 aromatic carbocycles. The van der Waals surface area contributed by atoms with Crippen LogP contribution in [0.5, 0.6) is 0 Å². The average molecular weight is 458 g/mol. The number of likely N-dealkylation sites (N-methyl/N-ethyl adjacent to an activating group) is 1. The van der Waals surface area contributed by atoms with Gasteiger partial charge in [-0.3, -0.25) is 9.59 Å². The molecule has 2 aromatic rings. The molecule has 0 unspecified atom stereocenters. The molecule has 0 saturated carbocycles. The highest BCUT2D eigenvalue weighted by Gasteiger charge is 2.23. The molecule has 1 aliphatic heterocycles. The third-order valence-corrected chi connectivity index (χ3v) is 5.95. The summed E-state index contributed by atoms with van der Waals surface area (Å²) in [4.78, 5) is 30.9. The largest absolute Gasteiger partial charge is 0.353 e. The van der Waals surface area contributed by atoms with Crippen LogP contribution in [0.25, 0.3) is 11.3 Å². The smallest absolute Gasteiger partial charge is 0.242 e. The molecule has 0 bridgehead atoms. The van der Waals surface area contributed by atoms with Gasteiger partial charge < -0.3 is 14.7 Å². The van der Waals surface area contributed by atoms with E-state index >= 15 is 0 Å². The van der Waals surface area contributed by atoms with E-state index < -0.39 is 0 Å². The van der Waals surface area contributed by atoms with Crippen molar-refractivity contribution < 1.29 is 9.59 Å². The molecule has 1 saturated heterocycles. The Labute approximate surface area is 195 Å². The van der Waals surface area contributed by atoms with E-state index in [-0.39, 0.29) is 24.3 Å². The van der Waals surface area contributed by atoms with Crippen molar-refractivity contribution in [2.24, 2.45) is 5.92 Å². The van der Waals surface area contributed by atoms with Crippen molar-refractivity contribution >= 4 is 29.2 Å². The lowest BCUT2D eigenvalue weighted by Gasteiger charge is -2.26. The van der Waals surface area contributed by atoms with Gasteiger partial charge in [0.15, 0.2) is 5.82 Å². The Bertz CT molecular complexity index is 919. The molecule has 8 heteroatoms. The Morgan fingerprint density at radius 3 is 2.50 bits per heavy atom. The summed E-state index contributed by atoms with van der Waals surface area (Å²) in [6.45, 7) is 9.39. The van der Waals surface area contributed by atoms with Crippen LogP contribution >= 0.6 is 11.6 Å². The van der Waals surface area contributed by atoms with E-state index in [1.54, 1.807) is 4.90 Å². The average Bonchev–Trinajstić information content (AvgIpc) is 3.04. The van der Waals surface area contributed by atoms with E-state index in [9.17, 15) is 9.59 Å². The third-order valence-electron chi connectivity index (χ3n) is 5.62. The SMILES string of the molecule is CCN(CC(=O)N1CCCN(c2ccc(-c3ccccc3Cl)nn2)CC1)C(=O)CC(C)C. The molecular weight excluding hydrogens is 426 g/mol. The number of halogens is 1. The maximum Gasteiger partial charge on any atom is 0.242 e. The first-order chi connectivity index (χ1) is 15.4. The van der Waals surface area contributed by atoms with Crippen molar-refractivity contribution in [1.82, 2.24) is 20.0 Å². The maximum absolute atomic E-state index is 12.9. The highest BCUT2D eigenvalue weighted by Crippen LogP contribution is 2.26. The van der Waals surface area contributed by atoms with Gasteiger partial charge in [-0.1, -0.05) is 43.6 Å². The summed E-state index contributed by atoms with van der Waals surface area (Å²) in [6, 6.07) is 11.4. The predicted octanol–water partition coefficient (Wildman–Crippen LogP) is 3.73. The minimum absolute atomic E-state index is 0.00552. The molecule has 7 nitrogen and oxygen atoms in total. The second-order valence-corrected chi connectivity index (χ2v) is 8.89. The fourth-order valence-corrected chi connectivity index (χ4v) is 4.05. The summed E-state index contributed by atoms with van der Waals surface area (Å²) in [7, 11) is 0. The zero-order valence-electron chi connectivity index (χ0n) is 19.1. The number of anilines is 1. The molecule has 3 rings (SSSR count). The van der Waals surface area contributed by atoms with Crippen molar-refractivity contribution in [3.05, 3.63) is 41.4 Å². The van der Waals surface area contributed by atoms with Gasteiger partial charge in [0.2, 0.25) is 11.8 Å². The maximum atomic E-state index is 12.9. The first-order valence-electron chi connectivity index (χ1n) is 11.3. The summed E-state index contributed by atoms with van der Waals surface area (Å²) in [5, 5.41) is 9.41. The quantitative estimate of drug-likeness (QED) is 0.633. The van der Waals surface area contributed by atoms with Crippen LogP contribution in [0.15, 0.2) is 36.4 Å². The molecule has 2 heterocycles. The predicted molar refractivity (Wildman–Crippen MR) is 128 cm³/mol. The van der Waals surface area contributed by atoms with Crippen LogP contribution < -0.4 is 4.90 Å². The van der Waals surface area contributed by atoms with Gasteiger partial charge >= 0.3 is 0 Å². The lowest BCUT2D eigenvalue weighted by Crippen LogP contribution is -2.44. The second kappa shape index (κ2) is 11.3. The summed E-state index contributed by atoms with van der Waals surface area (Å²) in [5.41, 5.74) is 1.59. The number of hydrogen-bond donors (Lipinski definition) is 0. The Balaban J connectivity index is 1.59. The van der Waals surface area contributed by atoms with Crippen molar-refractivity contribution in [3.8, 4) is 11.3 Å². The first kappa shape index (κ1) is 24.0. The number of carbonyl (C=O) groups is 2. The number of nitrogens with zero attached hydrogens (tertiary/aromatic N) is 5. The van der Waals surface area contributed by atoms with Crippen LogP contribution in [0, 0.1) is 5.92 Å². The molecular formula is C24H32ClN5O2. The van der Waals surface area contributed by atoms with E-state index in [4.69, 9.17) is 11.6 Å². The van der Waals surface area contributed by atoms with Gasteiger partial charge in [0.25, 0.3) is 0 Å². The Morgan fingerprint density at radius 1 is 1.06 bits per heavy atom. The zero-order valence-corrected chi connectivity index (χ0v) is 19.9. The van der Waals surface area contributed by atoms with E-state index in [1.807, 2.05) is 62.1 Å². The molecule has 1 aromatic heterocycles. The number of aromatic nitrogens is 2. The van der Waals surface area contributed by atoms with Gasteiger partial charge in [0.05, 0.1) is 17.3 Å². The highest BCUT2D eigenvalue weighted by molar-refractivity contribution is 6.33. The molecule has 172 valence electrons. The van der Waals surface area contributed by atoms with Crippen LogP contribution in [0.1, 0.15) is 33.6 Å². The van der Waals surface area contributed by atoms with Gasteiger partial charge in [0, 0.05) is 44.7 Å². The topological polar surface area (TPSA) is 69.6 Å². The Morgan fingerprint density at radius 2 is 1.84 bits per heavy atom. The molecule has 0 radical (unpaired) electrons. The lowest BCUT2D eigenvalue weighted by molar-refractivity contribution is -0.140. The van der Waals surface area contributed by atoms with Crippen molar-refractivity contribution in [2.45, 2.75) is 33.6 Å². The number of benzene rings is 1. The van der Waals surface area contributed by atoms with Gasteiger partial charge in [-0.25, -0.2) is 0 Å². The van der Waals surface area contributed by atoms with Crippen LogP contribution in [0.3, 0.4) is 0 Å². The van der Waals surface area contributed by atoms with Gasteiger partial charge in [-0.05, 0) is 37.5 Å². The highest BCUT2D eigenvalue weighted by atomic mass is 35.5. The monoisotopic (exact) mass is 457 g/mol. The van der Waals surface area contributed by atoms with E-state index in [0.717, 1.165) is 30.0 Å². The number of amides is 2. The van der Waals surface area contributed by atoms with Gasteiger partial charge in [-0.15, -0.1) is 10.2 Å². The molecule has 32 heavy (non-hydrogen) atoms. The van der Waals surface area contributed by atoms with E-state index in [0.29, 0.717) is 37.6 Å². The van der Waals surface area contributed by atoms with Crippen molar-refractivity contribution in [1.29, 1.82) is 0 Å². The van der Waals surface area contributed by atoms with Gasteiger partial charge in [-0.2, -0.15) is 0 Å². The van der Waals surface area contributed by atoms with Crippen LogP contribution in [0.2, 0.25) is 5.02 Å². The molecule has 1 fully saturated rings. The standard InChI is InChI=1S/C24H32ClN5O2/c1-4-28(23(31)16-18(2)3)17-24(32)30-13-7-12-29(14-15-30)22-11-10-21(26-27-22)19-8-5-6-9-20(19)25/h5-6,8-11,18H,4,7,12-17H2,1-3H3. The normalized spacial score (nSPS) is 14.4. The molecule has 1 aliphatic rings.